The highest BCUT2D eigenvalue weighted by Crippen LogP contribution is 2.32. The monoisotopic (exact) mass is 738 g/mol. The van der Waals surface area contributed by atoms with Gasteiger partial charge in [0, 0.05) is 43.3 Å². The molecular formula is C40H50N8O6. The molecule has 0 spiro atoms. The molecule has 2 aliphatic rings. The van der Waals surface area contributed by atoms with E-state index in [9.17, 15) is 24.0 Å². The van der Waals surface area contributed by atoms with Gasteiger partial charge in [0.25, 0.3) is 0 Å². The maximum atomic E-state index is 13.4. The molecule has 4 N–H and O–H groups in total. The van der Waals surface area contributed by atoms with E-state index >= 15 is 0 Å². The van der Waals surface area contributed by atoms with Crippen LogP contribution >= 0.6 is 0 Å². The number of amides is 6. The SMILES string of the molecule is CC(C)[C@H](NC(=O)OC(C)(C)C)C(=O)N[C@@H](C)C(=O)Nc1ccc(CN2N=C(c3ccc(NC(=O)N4Cc5ccncc5C4)cc3)CC(C)(C)C2=O)cc1. The first kappa shape index (κ1) is 39.4. The van der Waals surface area contributed by atoms with E-state index in [1.54, 1.807) is 83.1 Å². The minimum absolute atomic E-state index is 0.111. The number of nitrogens with one attached hydrogen (secondary N) is 4. The van der Waals surface area contributed by atoms with Gasteiger partial charge in [-0.15, -0.1) is 0 Å². The third kappa shape index (κ3) is 10.00. The van der Waals surface area contributed by atoms with Gasteiger partial charge < -0.3 is 30.9 Å². The predicted molar refractivity (Wildman–Crippen MR) is 205 cm³/mol. The average Bonchev–Trinajstić information content (AvgIpc) is 3.54. The van der Waals surface area contributed by atoms with Crippen molar-refractivity contribution in [3.05, 3.63) is 89.2 Å². The first-order valence-electron chi connectivity index (χ1n) is 18.1. The summed E-state index contributed by atoms with van der Waals surface area (Å²) in [6, 6.07) is 14.4. The van der Waals surface area contributed by atoms with Gasteiger partial charge in [-0.3, -0.25) is 19.4 Å². The zero-order valence-corrected chi connectivity index (χ0v) is 32.1. The van der Waals surface area contributed by atoms with Gasteiger partial charge in [0.05, 0.1) is 17.7 Å². The van der Waals surface area contributed by atoms with Crippen molar-refractivity contribution in [3.8, 4) is 0 Å². The van der Waals surface area contributed by atoms with E-state index in [4.69, 9.17) is 9.84 Å². The number of fused-ring (bicyclic) bond motifs is 1. The Labute approximate surface area is 316 Å². The number of anilines is 2. The Kier molecular flexibility index (Phi) is 11.7. The van der Waals surface area contributed by atoms with E-state index in [0.717, 1.165) is 28.0 Å². The van der Waals surface area contributed by atoms with Crippen LogP contribution in [0.4, 0.5) is 21.0 Å². The molecule has 0 fully saturated rings. The lowest BCUT2D eigenvalue weighted by atomic mass is 9.82. The highest BCUT2D eigenvalue weighted by atomic mass is 16.6. The first-order chi connectivity index (χ1) is 25.4. The van der Waals surface area contributed by atoms with Crippen molar-refractivity contribution < 1.29 is 28.7 Å². The fraction of sp³-hybridized carbons (Fsp3) is 0.425. The lowest BCUT2D eigenvalue weighted by molar-refractivity contribution is -0.141. The number of hydrogen-bond donors (Lipinski definition) is 4. The molecule has 2 aromatic carbocycles. The quantitative estimate of drug-likeness (QED) is 0.204. The van der Waals surface area contributed by atoms with Crippen molar-refractivity contribution >= 4 is 46.9 Å². The maximum Gasteiger partial charge on any atom is 0.408 e. The van der Waals surface area contributed by atoms with Crippen LogP contribution in [0.25, 0.3) is 0 Å². The summed E-state index contributed by atoms with van der Waals surface area (Å²) in [5.41, 5.74) is 4.27. The molecule has 3 aromatic rings. The van der Waals surface area contributed by atoms with Gasteiger partial charge in [0.1, 0.15) is 17.7 Å². The molecule has 6 amide bonds. The zero-order chi connectivity index (χ0) is 39.4. The summed E-state index contributed by atoms with van der Waals surface area (Å²) in [5.74, 6) is -1.31. The predicted octanol–water partition coefficient (Wildman–Crippen LogP) is 5.78. The number of benzene rings is 2. The van der Waals surface area contributed by atoms with Gasteiger partial charge >= 0.3 is 12.1 Å². The number of aromatic nitrogens is 1. The van der Waals surface area contributed by atoms with Crippen LogP contribution in [0.2, 0.25) is 0 Å². The van der Waals surface area contributed by atoms with Crippen LogP contribution < -0.4 is 21.3 Å². The Bertz CT molecular complexity index is 1890. The van der Waals surface area contributed by atoms with Crippen LogP contribution in [-0.4, -0.2) is 68.1 Å². The van der Waals surface area contributed by atoms with Crippen molar-refractivity contribution in [1.82, 2.24) is 25.5 Å². The number of pyridine rings is 1. The normalized spacial score (nSPS) is 16.2. The summed E-state index contributed by atoms with van der Waals surface area (Å²) < 4.78 is 5.28. The second-order valence-electron chi connectivity index (χ2n) is 15.8. The molecule has 14 nitrogen and oxygen atoms in total. The van der Waals surface area contributed by atoms with Crippen molar-refractivity contribution in [3.63, 3.8) is 0 Å². The number of hydrazone groups is 1. The van der Waals surface area contributed by atoms with Crippen LogP contribution in [0.3, 0.4) is 0 Å². The van der Waals surface area contributed by atoms with Gasteiger partial charge in [0.2, 0.25) is 17.7 Å². The molecule has 0 aliphatic carbocycles. The Hall–Kier alpha value is -5.79. The molecular weight excluding hydrogens is 688 g/mol. The molecule has 0 unspecified atom stereocenters. The van der Waals surface area contributed by atoms with Crippen LogP contribution in [0.5, 0.6) is 0 Å². The molecule has 0 bridgehead atoms. The molecule has 0 radical (unpaired) electrons. The van der Waals surface area contributed by atoms with Gasteiger partial charge in [-0.25, -0.2) is 14.6 Å². The fourth-order valence-electron chi connectivity index (χ4n) is 6.10. The van der Waals surface area contributed by atoms with E-state index in [1.165, 1.54) is 5.01 Å². The molecule has 0 saturated carbocycles. The molecule has 5 rings (SSSR count). The number of hydrogen-bond acceptors (Lipinski definition) is 8. The van der Waals surface area contributed by atoms with Crippen molar-refractivity contribution in [2.24, 2.45) is 16.4 Å². The Morgan fingerprint density at radius 3 is 2.11 bits per heavy atom. The third-order valence-corrected chi connectivity index (χ3v) is 9.08. The van der Waals surface area contributed by atoms with Crippen molar-refractivity contribution in [1.29, 1.82) is 0 Å². The molecule has 286 valence electrons. The minimum Gasteiger partial charge on any atom is -0.444 e. The Morgan fingerprint density at radius 2 is 1.48 bits per heavy atom. The smallest absolute Gasteiger partial charge is 0.408 e. The van der Waals surface area contributed by atoms with Crippen LogP contribution in [0, 0.1) is 11.3 Å². The second-order valence-corrected chi connectivity index (χ2v) is 15.8. The molecule has 3 heterocycles. The molecule has 2 atom stereocenters. The van der Waals surface area contributed by atoms with Crippen LogP contribution in [-0.2, 0) is 38.8 Å². The van der Waals surface area contributed by atoms with Crippen LogP contribution in [0.1, 0.15) is 84.1 Å². The lowest BCUT2D eigenvalue weighted by Crippen LogP contribution is -2.54. The highest BCUT2D eigenvalue weighted by Gasteiger charge is 2.38. The number of urea groups is 1. The average molecular weight is 739 g/mol. The summed E-state index contributed by atoms with van der Waals surface area (Å²) in [4.78, 5) is 70.5. The van der Waals surface area contributed by atoms with Gasteiger partial charge in [-0.2, -0.15) is 5.10 Å². The van der Waals surface area contributed by atoms with E-state index in [2.05, 4.69) is 26.3 Å². The summed E-state index contributed by atoms with van der Waals surface area (Å²) in [6.07, 6.45) is 3.25. The van der Waals surface area contributed by atoms with Crippen molar-refractivity contribution in [2.45, 2.75) is 99.1 Å². The van der Waals surface area contributed by atoms with E-state index in [0.29, 0.717) is 30.9 Å². The van der Waals surface area contributed by atoms with Crippen LogP contribution in [0.15, 0.2) is 72.1 Å². The molecule has 2 aliphatic heterocycles. The summed E-state index contributed by atoms with van der Waals surface area (Å²) in [6.45, 7) is 15.4. The number of carbonyl (C=O) groups excluding carboxylic acids is 5. The largest absolute Gasteiger partial charge is 0.444 e. The van der Waals surface area contributed by atoms with Gasteiger partial charge in [-0.1, -0.05) is 52.0 Å². The molecule has 54 heavy (non-hydrogen) atoms. The zero-order valence-electron chi connectivity index (χ0n) is 32.1. The highest BCUT2D eigenvalue weighted by molar-refractivity contribution is 6.06. The summed E-state index contributed by atoms with van der Waals surface area (Å²) in [5, 5.41) is 17.2. The molecule has 0 saturated heterocycles. The number of rotatable bonds is 10. The van der Waals surface area contributed by atoms with Gasteiger partial charge in [-0.05, 0) is 86.2 Å². The minimum atomic E-state index is -0.899. The van der Waals surface area contributed by atoms with E-state index in [-0.39, 0.29) is 24.4 Å². The Morgan fingerprint density at radius 1 is 0.852 bits per heavy atom. The number of carbonyl (C=O) groups is 5. The maximum absolute atomic E-state index is 13.4. The van der Waals surface area contributed by atoms with Crippen molar-refractivity contribution in [2.75, 3.05) is 10.6 Å². The third-order valence-electron chi connectivity index (χ3n) is 9.08. The standard InChI is InChI=1S/C40H50N8O6/c1-24(2)33(45-38(53)54-39(4,5)6)35(50)42-25(3)34(49)43-30-13-9-26(10-14-30)21-48-36(51)40(7,8)19-32(46-48)27-11-15-31(16-12-27)44-37(52)47-22-28-17-18-41-20-29(28)23-47/h9-18,20,24-25,33H,19,21-23H2,1-8H3,(H,42,50)(H,43,49)(H,44,52)(H,45,53)/t25-,33-/m0/s1. The summed E-state index contributed by atoms with van der Waals surface area (Å²) >= 11 is 0. The lowest BCUT2D eigenvalue weighted by Gasteiger charge is -2.34. The summed E-state index contributed by atoms with van der Waals surface area (Å²) in [7, 11) is 0. The second kappa shape index (κ2) is 16.1. The van der Waals surface area contributed by atoms with Gasteiger partial charge in [0.15, 0.2) is 0 Å². The molecule has 1 aromatic heterocycles. The number of nitrogens with zero attached hydrogens (tertiary/aromatic N) is 4. The Balaban J connectivity index is 1.17. The molecule has 14 heteroatoms. The number of ether oxygens (including phenoxy) is 1. The van der Waals surface area contributed by atoms with E-state index in [1.807, 2.05) is 44.2 Å². The first-order valence-corrected chi connectivity index (χ1v) is 18.1. The number of alkyl carbamates (subject to hydrolysis) is 1. The van der Waals surface area contributed by atoms with E-state index < -0.39 is 41.0 Å². The topological polar surface area (TPSA) is 174 Å². The fourth-order valence-corrected chi connectivity index (χ4v) is 6.10.